The van der Waals surface area contributed by atoms with E-state index >= 15 is 0 Å². The lowest BCUT2D eigenvalue weighted by Gasteiger charge is -2.11. The van der Waals surface area contributed by atoms with Gasteiger partial charge < -0.3 is 4.42 Å². The highest BCUT2D eigenvalue weighted by molar-refractivity contribution is 8.18. The molecule has 5 nitrogen and oxygen atoms in total. The van der Waals surface area contributed by atoms with Crippen molar-refractivity contribution in [3.63, 3.8) is 0 Å². The van der Waals surface area contributed by atoms with Crippen LogP contribution in [0.1, 0.15) is 5.76 Å². The van der Waals surface area contributed by atoms with Gasteiger partial charge in [-0.2, -0.15) is 4.99 Å². The van der Waals surface area contributed by atoms with Crippen molar-refractivity contribution < 1.29 is 9.21 Å². The Balaban J connectivity index is 1.46. The summed E-state index contributed by atoms with van der Waals surface area (Å²) in [6, 6.07) is 16.7. The monoisotopic (exact) mass is 511 g/mol. The summed E-state index contributed by atoms with van der Waals surface area (Å²) in [4.78, 5) is 24.3. The highest BCUT2D eigenvalue weighted by atomic mass is 35.5. The number of aliphatic imine (C=N–C) groups is 1. The van der Waals surface area contributed by atoms with E-state index in [9.17, 15) is 4.79 Å². The number of amides is 1. The van der Waals surface area contributed by atoms with Gasteiger partial charge in [-0.05, 0) is 54.2 Å². The Bertz CT molecular complexity index is 1400. The minimum absolute atomic E-state index is 0.163. The van der Waals surface area contributed by atoms with Crippen molar-refractivity contribution in [3.05, 3.63) is 88.0 Å². The third-order valence-corrected chi connectivity index (χ3v) is 7.09. The first-order valence-electron chi connectivity index (χ1n) is 9.83. The van der Waals surface area contributed by atoms with E-state index in [0.717, 1.165) is 15.8 Å². The van der Waals surface area contributed by atoms with Gasteiger partial charge in [0.2, 0.25) is 5.13 Å². The number of halogens is 2. The first-order valence-corrected chi connectivity index (χ1v) is 12.2. The minimum Gasteiger partial charge on any atom is -0.457 e. The first-order chi connectivity index (χ1) is 16.0. The number of carbonyl (C=O) groups is 1. The molecule has 1 amide bonds. The normalized spacial score (nSPS) is 16.4. The summed E-state index contributed by atoms with van der Waals surface area (Å²) in [5.74, 6) is 0.980. The molecule has 0 saturated carbocycles. The topological polar surface area (TPSA) is 58.7 Å². The molecule has 0 atom stereocenters. The maximum atomic E-state index is 13.1. The third-order valence-electron chi connectivity index (χ3n) is 4.72. The van der Waals surface area contributed by atoms with Crippen molar-refractivity contribution in [2.75, 3.05) is 6.54 Å². The number of furan rings is 1. The van der Waals surface area contributed by atoms with E-state index in [1.54, 1.807) is 41.3 Å². The van der Waals surface area contributed by atoms with Crippen molar-refractivity contribution in [1.82, 2.24) is 9.88 Å². The molecular formula is C24H15Cl2N3O2S2. The Kier molecular flexibility index (Phi) is 6.12. The second kappa shape index (κ2) is 9.19. The zero-order chi connectivity index (χ0) is 22.9. The molecule has 0 unspecified atom stereocenters. The molecule has 5 rings (SSSR count). The Morgan fingerprint density at radius 1 is 1.12 bits per heavy atom. The van der Waals surface area contributed by atoms with Gasteiger partial charge in [-0.25, -0.2) is 4.98 Å². The van der Waals surface area contributed by atoms with Crippen molar-refractivity contribution >= 4 is 78.8 Å². The second-order valence-electron chi connectivity index (χ2n) is 7.03. The molecule has 0 aliphatic carbocycles. The lowest BCUT2D eigenvalue weighted by Crippen LogP contribution is -2.29. The van der Waals surface area contributed by atoms with E-state index in [1.165, 1.54) is 23.1 Å². The molecule has 164 valence electrons. The van der Waals surface area contributed by atoms with Crippen LogP contribution in [-0.4, -0.2) is 27.5 Å². The molecule has 9 heteroatoms. The molecule has 3 heterocycles. The zero-order valence-corrected chi connectivity index (χ0v) is 20.1. The maximum absolute atomic E-state index is 13.1. The third kappa shape index (κ3) is 4.63. The maximum Gasteiger partial charge on any atom is 0.267 e. The molecule has 0 radical (unpaired) electrons. The molecule has 2 aromatic carbocycles. The van der Waals surface area contributed by atoms with Gasteiger partial charge in [-0.15, -0.1) is 6.58 Å². The Hall–Kier alpha value is -2.84. The van der Waals surface area contributed by atoms with E-state index in [-0.39, 0.29) is 5.91 Å². The molecule has 2 aromatic heterocycles. The summed E-state index contributed by atoms with van der Waals surface area (Å²) < 4.78 is 6.97. The molecule has 0 spiro atoms. The molecule has 0 N–H and O–H groups in total. The minimum atomic E-state index is -0.163. The van der Waals surface area contributed by atoms with Gasteiger partial charge >= 0.3 is 0 Å². The smallest absolute Gasteiger partial charge is 0.267 e. The number of amidine groups is 1. The fourth-order valence-electron chi connectivity index (χ4n) is 3.28. The van der Waals surface area contributed by atoms with E-state index in [0.29, 0.717) is 43.3 Å². The highest BCUT2D eigenvalue weighted by Gasteiger charge is 2.33. The molecule has 1 saturated heterocycles. The van der Waals surface area contributed by atoms with Crippen LogP contribution in [0.3, 0.4) is 0 Å². The Morgan fingerprint density at radius 2 is 1.91 bits per heavy atom. The van der Waals surface area contributed by atoms with Gasteiger partial charge in [0.25, 0.3) is 5.91 Å². The predicted molar refractivity (Wildman–Crippen MR) is 138 cm³/mol. The number of aromatic nitrogens is 1. The quantitative estimate of drug-likeness (QED) is 0.204. The van der Waals surface area contributed by atoms with Crippen molar-refractivity contribution in [2.45, 2.75) is 0 Å². The number of thioether (sulfide) groups is 1. The summed E-state index contributed by atoms with van der Waals surface area (Å²) in [6.45, 7) is 4.11. The zero-order valence-electron chi connectivity index (χ0n) is 17.0. The van der Waals surface area contributed by atoms with Crippen LogP contribution >= 0.6 is 46.3 Å². The van der Waals surface area contributed by atoms with E-state index in [2.05, 4.69) is 16.6 Å². The van der Waals surface area contributed by atoms with Crippen LogP contribution in [0.5, 0.6) is 0 Å². The van der Waals surface area contributed by atoms with Crippen LogP contribution in [0, 0.1) is 0 Å². The summed E-state index contributed by atoms with van der Waals surface area (Å²) in [6.07, 6.45) is 3.38. The molecule has 1 aliphatic rings. The van der Waals surface area contributed by atoms with Crippen LogP contribution in [0.2, 0.25) is 10.0 Å². The highest BCUT2D eigenvalue weighted by Crippen LogP contribution is 2.37. The lowest BCUT2D eigenvalue weighted by atomic mass is 10.2. The Labute approximate surface area is 208 Å². The lowest BCUT2D eigenvalue weighted by molar-refractivity contribution is -0.121. The summed E-state index contributed by atoms with van der Waals surface area (Å²) >= 11 is 15.0. The largest absolute Gasteiger partial charge is 0.457 e. The molecule has 1 aliphatic heterocycles. The van der Waals surface area contributed by atoms with Gasteiger partial charge in [0, 0.05) is 28.2 Å². The van der Waals surface area contributed by atoms with Crippen LogP contribution in [0.25, 0.3) is 27.6 Å². The van der Waals surface area contributed by atoms with Crippen LogP contribution in [0.15, 0.2) is 81.6 Å². The number of benzene rings is 2. The molecule has 1 fully saturated rings. The predicted octanol–water partition coefficient (Wildman–Crippen LogP) is 7.65. The number of carbonyl (C=O) groups excluding carboxylic acids is 1. The second-order valence-corrected chi connectivity index (χ2v) is 9.92. The van der Waals surface area contributed by atoms with Gasteiger partial charge in [-0.3, -0.25) is 9.69 Å². The number of para-hydroxylation sites is 1. The number of hydrogen-bond donors (Lipinski definition) is 0. The van der Waals surface area contributed by atoms with E-state index in [4.69, 9.17) is 27.6 Å². The van der Waals surface area contributed by atoms with E-state index in [1.807, 2.05) is 30.3 Å². The average Bonchev–Trinajstić information content (AvgIpc) is 3.48. The number of nitrogens with zero attached hydrogens (tertiary/aromatic N) is 3. The van der Waals surface area contributed by atoms with Gasteiger partial charge in [0.1, 0.15) is 11.5 Å². The summed E-state index contributed by atoms with van der Waals surface area (Å²) in [5, 5.41) is 2.19. The fourth-order valence-corrected chi connectivity index (χ4v) is 5.67. The molecule has 0 bridgehead atoms. The molecule has 4 aromatic rings. The summed E-state index contributed by atoms with van der Waals surface area (Å²) in [5.41, 5.74) is 1.64. The van der Waals surface area contributed by atoms with Gasteiger partial charge in [-0.1, -0.05) is 52.7 Å². The van der Waals surface area contributed by atoms with Crippen molar-refractivity contribution in [2.24, 2.45) is 4.99 Å². The summed E-state index contributed by atoms with van der Waals surface area (Å²) in [7, 11) is 0. The van der Waals surface area contributed by atoms with Crippen molar-refractivity contribution in [3.8, 4) is 11.3 Å². The number of rotatable bonds is 5. The molecule has 33 heavy (non-hydrogen) atoms. The van der Waals surface area contributed by atoms with Gasteiger partial charge in [0.15, 0.2) is 5.17 Å². The first kappa shape index (κ1) is 22.0. The number of fused-ring (bicyclic) bond motifs is 1. The average molecular weight is 512 g/mol. The Morgan fingerprint density at radius 3 is 2.67 bits per heavy atom. The van der Waals surface area contributed by atoms with Crippen LogP contribution < -0.4 is 0 Å². The van der Waals surface area contributed by atoms with Gasteiger partial charge in [0.05, 0.1) is 15.1 Å². The number of thiazole rings is 1. The SMILES string of the molecule is C=CCN1C(=O)/C(=C/c2ccc(-c3cc(Cl)cc(Cl)c3)o2)S/C1=N/c1nc2ccccc2s1. The van der Waals surface area contributed by atoms with E-state index < -0.39 is 0 Å². The standard InChI is InChI=1S/C24H15Cl2N3O2S2/c1-2-9-29-22(30)21(33-24(29)28-23-27-18-5-3-4-6-20(18)32-23)13-17-7-8-19(31-17)14-10-15(25)12-16(26)11-14/h2-8,10-13H,1,9H2/b21-13-,28-24+. The fraction of sp³-hybridized carbons (Fsp3) is 0.0417. The molecular weight excluding hydrogens is 497 g/mol. The van der Waals surface area contributed by atoms with Crippen LogP contribution in [-0.2, 0) is 4.79 Å². The van der Waals surface area contributed by atoms with Crippen LogP contribution in [0.4, 0.5) is 5.13 Å². The van der Waals surface area contributed by atoms with Crippen molar-refractivity contribution in [1.29, 1.82) is 0 Å². The number of hydrogen-bond acceptors (Lipinski definition) is 6.